The van der Waals surface area contributed by atoms with Gasteiger partial charge in [-0.15, -0.1) is 0 Å². The summed E-state index contributed by atoms with van der Waals surface area (Å²) in [4.78, 5) is 14.4. The molecule has 0 N–H and O–H groups in total. The Hall–Kier alpha value is -2.23. The molecule has 0 radical (unpaired) electrons. The monoisotopic (exact) mass is 271 g/mol. The first-order chi connectivity index (χ1) is 9.78. The van der Waals surface area contributed by atoms with E-state index in [0.717, 1.165) is 24.2 Å². The summed E-state index contributed by atoms with van der Waals surface area (Å²) in [6.45, 7) is 0.624. The molecular weight excluding hydrogens is 254 g/mol. The van der Waals surface area contributed by atoms with Crippen LogP contribution in [0, 0.1) is 0 Å². The fraction of sp³-hybridized carbons (Fsp3) is 0.312. The van der Waals surface area contributed by atoms with Gasteiger partial charge in [0, 0.05) is 12.6 Å². The molecule has 0 bridgehead atoms. The summed E-state index contributed by atoms with van der Waals surface area (Å²) in [6.07, 6.45) is 5.21. The smallest absolute Gasteiger partial charge is 0.257 e. The van der Waals surface area contributed by atoms with Crippen LogP contribution in [0.15, 0.2) is 47.3 Å². The number of amides is 1. The highest BCUT2D eigenvalue weighted by Gasteiger charge is 2.33. The van der Waals surface area contributed by atoms with E-state index in [2.05, 4.69) is 0 Å². The third-order valence-electron chi connectivity index (χ3n) is 3.53. The predicted octanol–water partition coefficient (Wildman–Crippen LogP) is 3.09. The maximum atomic E-state index is 12.5. The second-order valence-electron chi connectivity index (χ2n) is 5.02. The first-order valence-corrected chi connectivity index (χ1v) is 6.74. The Kier molecular flexibility index (Phi) is 3.46. The topological polar surface area (TPSA) is 42.7 Å². The summed E-state index contributed by atoms with van der Waals surface area (Å²) in [7, 11) is 1.65. The molecule has 3 rings (SSSR count). The zero-order valence-electron chi connectivity index (χ0n) is 11.4. The van der Waals surface area contributed by atoms with Crippen molar-refractivity contribution in [3.05, 3.63) is 54.0 Å². The second kappa shape index (κ2) is 5.41. The van der Waals surface area contributed by atoms with Gasteiger partial charge in [-0.05, 0) is 36.6 Å². The van der Waals surface area contributed by atoms with Gasteiger partial charge in [-0.25, -0.2) is 0 Å². The molecule has 0 spiro atoms. The van der Waals surface area contributed by atoms with Gasteiger partial charge in [-0.1, -0.05) is 12.1 Å². The fourth-order valence-corrected chi connectivity index (χ4v) is 2.23. The van der Waals surface area contributed by atoms with Crippen LogP contribution in [0.1, 0.15) is 28.8 Å². The van der Waals surface area contributed by atoms with Gasteiger partial charge in [0.25, 0.3) is 5.91 Å². The van der Waals surface area contributed by atoms with Crippen molar-refractivity contribution in [2.75, 3.05) is 7.11 Å². The quantitative estimate of drug-likeness (QED) is 0.839. The number of carbonyl (C=O) groups excluding carboxylic acids is 1. The summed E-state index contributed by atoms with van der Waals surface area (Å²) < 4.78 is 10.1. The first kappa shape index (κ1) is 12.8. The van der Waals surface area contributed by atoms with E-state index in [1.54, 1.807) is 13.2 Å². The molecule has 2 aromatic rings. The number of benzene rings is 1. The Morgan fingerprint density at radius 3 is 2.60 bits per heavy atom. The highest BCUT2D eigenvalue weighted by atomic mass is 16.5. The van der Waals surface area contributed by atoms with Gasteiger partial charge in [0.1, 0.15) is 12.0 Å². The van der Waals surface area contributed by atoms with Crippen LogP contribution in [0.4, 0.5) is 0 Å². The number of nitrogens with zero attached hydrogens (tertiary/aromatic N) is 1. The van der Waals surface area contributed by atoms with Crippen molar-refractivity contribution in [3.63, 3.8) is 0 Å². The molecule has 1 amide bonds. The molecule has 0 saturated heterocycles. The van der Waals surface area contributed by atoms with Crippen LogP contribution in [-0.2, 0) is 6.54 Å². The number of hydrogen-bond acceptors (Lipinski definition) is 3. The van der Waals surface area contributed by atoms with Crippen molar-refractivity contribution in [1.82, 2.24) is 4.90 Å². The lowest BCUT2D eigenvalue weighted by atomic mass is 10.2. The van der Waals surface area contributed by atoms with E-state index in [1.165, 1.54) is 12.5 Å². The number of furan rings is 1. The van der Waals surface area contributed by atoms with Crippen molar-refractivity contribution in [2.45, 2.75) is 25.4 Å². The van der Waals surface area contributed by atoms with Gasteiger partial charge >= 0.3 is 0 Å². The van der Waals surface area contributed by atoms with Crippen LogP contribution in [0.2, 0.25) is 0 Å². The highest BCUT2D eigenvalue weighted by molar-refractivity contribution is 5.94. The molecule has 104 valence electrons. The van der Waals surface area contributed by atoms with E-state index >= 15 is 0 Å². The summed E-state index contributed by atoms with van der Waals surface area (Å²) in [5.74, 6) is 0.866. The second-order valence-corrected chi connectivity index (χ2v) is 5.02. The minimum Gasteiger partial charge on any atom is -0.497 e. The number of methoxy groups -OCH3 is 1. The highest BCUT2D eigenvalue weighted by Crippen LogP contribution is 2.30. The van der Waals surface area contributed by atoms with E-state index in [0.29, 0.717) is 18.2 Å². The minimum absolute atomic E-state index is 0.0390. The van der Waals surface area contributed by atoms with Crippen molar-refractivity contribution in [3.8, 4) is 5.75 Å². The number of ether oxygens (including phenoxy) is 1. The van der Waals surface area contributed by atoms with Crippen LogP contribution in [0.3, 0.4) is 0 Å². The van der Waals surface area contributed by atoms with E-state index in [-0.39, 0.29) is 5.91 Å². The lowest BCUT2D eigenvalue weighted by Crippen LogP contribution is -2.32. The molecular formula is C16H17NO3. The maximum Gasteiger partial charge on any atom is 0.257 e. The molecule has 20 heavy (non-hydrogen) atoms. The van der Waals surface area contributed by atoms with Crippen molar-refractivity contribution >= 4 is 5.91 Å². The summed E-state index contributed by atoms with van der Waals surface area (Å²) >= 11 is 0. The number of carbonyl (C=O) groups is 1. The third kappa shape index (κ3) is 2.69. The summed E-state index contributed by atoms with van der Waals surface area (Å²) in [6, 6.07) is 9.91. The molecule has 4 heteroatoms. The standard InChI is InChI=1S/C16H17NO3/c1-19-15-6-2-12(3-7-15)10-17(14-4-5-14)16(18)13-8-9-20-11-13/h2-3,6-9,11,14H,4-5,10H2,1H3. The zero-order chi connectivity index (χ0) is 13.9. The Balaban J connectivity index is 1.75. The van der Waals surface area contributed by atoms with Crippen LogP contribution in [-0.4, -0.2) is 24.0 Å². The Morgan fingerprint density at radius 2 is 2.05 bits per heavy atom. The Labute approximate surface area is 118 Å². The van der Waals surface area contributed by atoms with Crippen molar-refractivity contribution < 1.29 is 13.9 Å². The number of hydrogen-bond donors (Lipinski definition) is 0. The molecule has 1 fully saturated rings. The third-order valence-corrected chi connectivity index (χ3v) is 3.53. The molecule has 1 aliphatic carbocycles. The molecule has 4 nitrogen and oxygen atoms in total. The van der Waals surface area contributed by atoms with E-state index in [4.69, 9.17) is 9.15 Å². The lowest BCUT2D eigenvalue weighted by Gasteiger charge is -2.22. The maximum absolute atomic E-state index is 12.5. The van der Waals surface area contributed by atoms with Crippen LogP contribution in [0.5, 0.6) is 5.75 Å². The van der Waals surface area contributed by atoms with Gasteiger partial charge < -0.3 is 14.1 Å². The SMILES string of the molecule is COc1ccc(CN(C(=O)c2ccoc2)C2CC2)cc1. The van der Waals surface area contributed by atoms with Crippen LogP contribution < -0.4 is 4.74 Å². The zero-order valence-corrected chi connectivity index (χ0v) is 11.4. The summed E-state index contributed by atoms with van der Waals surface area (Å²) in [5, 5.41) is 0. The van der Waals surface area contributed by atoms with Crippen molar-refractivity contribution in [1.29, 1.82) is 0 Å². The Bertz CT molecular complexity index is 570. The van der Waals surface area contributed by atoms with E-state index in [1.807, 2.05) is 29.2 Å². The van der Waals surface area contributed by atoms with Gasteiger partial charge in [0.2, 0.25) is 0 Å². The van der Waals surface area contributed by atoms with E-state index < -0.39 is 0 Å². The minimum atomic E-state index is 0.0390. The predicted molar refractivity (Wildman–Crippen MR) is 74.6 cm³/mol. The van der Waals surface area contributed by atoms with Crippen LogP contribution in [0.25, 0.3) is 0 Å². The normalized spacial score (nSPS) is 14.1. The van der Waals surface area contributed by atoms with Gasteiger partial charge in [-0.2, -0.15) is 0 Å². The molecule has 1 aliphatic rings. The molecule has 1 heterocycles. The molecule has 1 saturated carbocycles. The van der Waals surface area contributed by atoms with Crippen LogP contribution >= 0.6 is 0 Å². The van der Waals surface area contributed by atoms with Gasteiger partial charge in [0.15, 0.2) is 0 Å². The molecule has 1 aromatic carbocycles. The lowest BCUT2D eigenvalue weighted by molar-refractivity contribution is 0.0729. The molecule has 1 aromatic heterocycles. The fourth-order valence-electron chi connectivity index (χ4n) is 2.23. The average Bonchev–Trinajstić information content (AvgIpc) is 3.18. The Morgan fingerprint density at radius 1 is 1.30 bits per heavy atom. The first-order valence-electron chi connectivity index (χ1n) is 6.74. The van der Waals surface area contributed by atoms with Crippen molar-refractivity contribution in [2.24, 2.45) is 0 Å². The largest absolute Gasteiger partial charge is 0.497 e. The van der Waals surface area contributed by atoms with Gasteiger partial charge in [-0.3, -0.25) is 4.79 Å². The molecule has 0 unspecified atom stereocenters. The average molecular weight is 271 g/mol. The van der Waals surface area contributed by atoms with Gasteiger partial charge in [0.05, 0.1) is 18.9 Å². The molecule has 0 atom stereocenters. The molecule has 0 aliphatic heterocycles. The van der Waals surface area contributed by atoms with E-state index in [9.17, 15) is 4.79 Å². The number of rotatable bonds is 5. The summed E-state index contributed by atoms with van der Waals surface area (Å²) in [5.41, 5.74) is 1.72.